The van der Waals surface area contributed by atoms with Gasteiger partial charge in [0.05, 0.1) is 12.7 Å². The standard InChI is InChI=1S/C18H22N4O2/c23-18(20-17-11-19-16-7-3-4-8-22(16)17)13-21-9-10-24-15-6-2-1-5-14(15)12-21/h1-2,5-6,11H,3-4,7-10,12-13H2,(H,20,23). The third-order valence-electron chi connectivity index (χ3n) is 4.64. The van der Waals surface area contributed by atoms with Gasteiger partial charge in [0.1, 0.15) is 24.0 Å². The Hall–Kier alpha value is -2.34. The summed E-state index contributed by atoms with van der Waals surface area (Å²) >= 11 is 0. The summed E-state index contributed by atoms with van der Waals surface area (Å²) in [5, 5.41) is 3.02. The summed E-state index contributed by atoms with van der Waals surface area (Å²) in [4.78, 5) is 19.0. The molecule has 0 atom stereocenters. The van der Waals surface area contributed by atoms with Gasteiger partial charge in [0.25, 0.3) is 0 Å². The first-order valence-electron chi connectivity index (χ1n) is 8.57. The summed E-state index contributed by atoms with van der Waals surface area (Å²) in [6, 6.07) is 8.02. The van der Waals surface area contributed by atoms with Crippen molar-refractivity contribution in [2.24, 2.45) is 0 Å². The van der Waals surface area contributed by atoms with Crippen molar-refractivity contribution in [1.82, 2.24) is 14.5 Å². The molecule has 126 valence electrons. The van der Waals surface area contributed by atoms with E-state index in [4.69, 9.17) is 4.74 Å². The van der Waals surface area contributed by atoms with Gasteiger partial charge in [0.2, 0.25) is 5.91 Å². The molecule has 0 spiro atoms. The van der Waals surface area contributed by atoms with Crippen molar-refractivity contribution < 1.29 is 9.53 Å². The molecule has 2 aromatic rings. The molecular formula is C18H22N4O2. The largest absolute Gasteiger partial charge is 0.492 e. The van der Waals surface area contributed by atoms with Crippen LogP contribution in [0, 0.1) is 0 Å². The molecule has 1 aromatic carbocycles. The average molecular weight is 326 g/mol. The number of aromatic nitrogens is 2. The predicted octanol–water partition coefficient (Wildman–Crippen LogP) is 2.05. The van der Waals surface area contributed by atoms with Gasteiger partial charge in [0.15, 0.2) is 0 Å². The van der Waals surface area contributed by atoms with Crippen LogP contribution in [0.2, 0.25) is 0 Å². The van der Waals surface area contributed by atoms with Crippen LogP contribution in [0.3, 0.4) is 0 Å². The first kappa shape index (κ1) is 15.2. The molecular weight excluding hydrogens is 304 g/mol. The molecule has 2 aliphatic rings. The first-order chi connectivity index (χ1) is 11.8. The monoisotopic (exact) mass is 326 g/mol. The number of aryl methyl sites for hydroxylation is 1. The van der Waals surface area contributed by atoms with Crippen molar-refractivity contribution in [2.45, 2.75) is 32.4 Å². The van der Waals surface area contributed by atoms with Crippen molar-refractivity contribution >= 4 is 11.7 Å². The molecule has 0 saturated carbocycles. The highest BCUT2D eigenvalue weighted by atomic mass is 16.5. The summed E-state index contributed by atoms with van der Waals surface area (Å²) in [5.74, 6) is 2.82. The summed E-state index contributed by atoms with van der Waals surface area (Å²) in [6.07, 6.45) is 5.10. The molecule has 24 heavy (non-hydrogen) atoms. The van der Waals surface area contributed by atoms with Gasteiger partial charge in [-0.25, -0.2) is 4.98 Å². The smallest absolute Gasteiger partial charge is 0.239 e. The molecule has 0 bridgehead atoms. The van der Waals surface area contributed by atoms with Crippen molar-refractivity contribution in [2.75, 3.05) is 25.0 Å². The maximum atomic E-state index is 12.5. The van der Waals surface area contributed by atoms with Gasteiger partial charge in [-0.15, -0.1) is 0 Å². The van der Waals surface area contributed by atoms with Gasteiger partial charge in [-0.3, -0.25) is 9.69 Å². The van der Waals surface area contributed by atoms with Crippen LogP contribution in [0.4, 0.5) is 5.82 Å². The van der Waals surface area contributed by atoms with E-state index in [0.29, 0.717) is 13.2 Å². The minimum absolute atomic E-state index is 0.00246. The van der Waals surface area contributed by atoms with Crippen LogP contribution in [-0.4, -0.2) is 40.1 Å². The number of hydrogen-bond acceptors (Lipinski definition) is 4. The van der Waals surface area contributed by atoms with E-state index in [2.05, 4.69) is 25.8 Å². The van der Waals surface area contributed by atoms with Crippen LogP contribution in [0.15, 0.2) is 30.5 Å². The number of imidazole rings is 1. The Morgan fingerprint density at radius 2 is 2.17 bits per heavy atom. The minimum atomic E-state index is 0.00246. The third kappa shape index (κ3) is 3.14. The molecule has 1 amide bonds. The van der Waals surface area contributed by atoms with Crippen LogP contribution >= 0.6 is 0 Å². The molecule has 6 heteroatoms. The lowest BCUT2D eigenvalue weighted by atomic mass is 10.2. The van der Waals surface area contributed by atoms with Crippen LogP contribution in [0.1, 0.15) is 24.2 Å². The van der Waals surface area contributed by atoms with Gasteiger partial charge >= 0.3 is 0 Å². The summed E-state index contributed by atoms with van der Waals surface area (Å²) < 4.78 is 7.88. The third-order valence-corrected chi connectivity index (χ3v) is 4.64. The fourth-order valence-electron chi connectivity index (χ4n) is 3.42. The Balaban J connectivity index is 1.40. The van der Waals surface area contributed by atoms with E-state index in [1.807, 2.05) is 18.2 Å². The number of benzene rings is 1. The molecule has 0 fully saturated rings. The number of rotatable bonds is 3. The number of fused-ring (bicyclic) bond motifs is 2. The number of carbonyl (C=O) groups excluding carboxylic acids is 1. The second kappa shape index (κ2) is 6.65. The lowest BCUT2D eigenvalue weighted by Crippen LogP contribution is -2.34. The van der Waals surface area contributed by atoms with Crippen LogP contribution in [-0.2, 0) is 24.3 Å². The van der Waals surface area contributed by atoms with Gasteiger partial charge in [-0.1, -0.05) is 18.2 Å². The Bertz CT molecular complexity index is 740. The molecule has 0 saturated heterocycles. The fourth-order valence-corrected chi connectivity index (χ4v) is 3.42. The van der Waals surface area contributed by atoms with Gasteiger partial charge in [0, 0.05) is 31.6 Å². The lowest BCUT2D eigenvalue weighted by molar-refractivity contribution is -0.117. The molecule has 1 N–H and O–H groups in total. The molecule has 0 unspecified atom stereocenters. The average Bonchev–Trinajstić information content (AvgIpc) is 2.87. The molecule has 4 rings (SSSR count). The van der Waals surface area contributed by atoms with E-state index in [1.54, 1.807) is 6.20 Å². The fraction of sp³-hybridized carbons (Fsp3) is 0.444. The van der Waals surface area contributed by atoms with Gasteiger partial charge in [-0.05, 0) is 18.9 Å². The van der Waals surface area contributed by atoms with Crippen LogP contribution in [0.25, 0.3) is 0 Å². The quantitative estimate of drug-likeness (QED) is 0.938. The molecule has 2 aliphatic heterocycles. The second-order valence-corrected chi connectivity index (χ2v) is 6.38. The lowest BCUT2D eigenvalue weighted by Gasteiger charge is -2.20. The van der Waals surface area contributed by atoms with Crippen molar-refractivity contribution in [1.29, 1.82) is 0 Å². The highest BCUT2D eigenvalue weighted by Gasteiger charge is 2.19. The number of hydrogen-bond donors (Lipinski definition) is 1. The van der Waals surface area contributed by atoms with Crippen molar-refractivity contribution in [3.05, 3.63) is 41.9 Å². The molecule has 6 nitrogen and oxygen atoms in total. The number of para-hydroxylation sites is 1. The zero-order valence-corrected chi connectivity index (χ0v) is 13.7. The van der Waals surface area contributed by atoms with E-state index in [0.717, 1.165) is 55.4 Å². The first-order valence-corrected chi connectivity index (χ1v) is 8.57. The zero-order chi connectivity index (χ0) is 16.4. The topological polar surface area (TPSA) is 59.4 Å². The van der Waals surface area contributed by atoms with E-state index in [1.165, 1.54) is 6.42 Å². The molecule has 1 aromatic heterocycles. The Labute approximate surface area is 141 Å². The van der Waals surface area contributed by atoms with E-state index < -0.39 is 0 Å². The second-order valence-electron chi connectivity index (χ2n) is 6.38. The van der Waals surface area contributed by atoms with Crippen LogP contribution < -0.4 is 10.1 Å². The number of carbonyl (C=O) groups is 1. The Morgan fingerprint density at radius 3 is 3.12 bits per heavy atom. The van der Waals surface area contributed by atoms with E-state index in [-0.39, 0.29) is 5.91 Å². The van der Waals surface area contributed by atoms with Gasteiger partial charge in [-0.2, -0.15) is 0 Å². The molecule has 0 radical (unpaired) electrons. The van der Waals surface area contributed by atoms with Crippen LogP contribution in [0.5, 0.6) is 5.75 Å². The zero-order valence-electron chi connectivity index (χ0n) is 13.7. The Kier molecular flexibility index (Phi) is 4.21. The van der Waals surface area contributed by atoms with Crippen molar-refractivity contribution in [3.63, 3.8) is 0 Å². The van der Waals surface area contributed by atoms with Crippen molar-refractivity contribution in [3.8, 4) is 5.75 Å². The van der Waals surface area contributed by atoms with E-state index >= 15 is 0 Å². The normalized spacial score (nSPS) is 17.3. The number of amides is 1. The highest BCUT2D eigenvalue weighted by Crippen LogP contribution is 2.23. The minimum Gasteiger partial charge on any atom is -0.492 e. The summed E-state index contributed by atoms with van der Waals surface area (Å²) in [6.45, 7) is 3.38. The predicted molar refractivity (Wildman–Crippen MR) is 91.0 cm³/mol. The van der Waals surface area contributed by atoms with Gasteiger partial charge < -0.3 is 14.6 Å². The Morgan fingerprint density at radius 1 is 1.25 bits per heavy atom. The molecule has 0 aliphatic carbocycles. The summed E-state index contributed by atoms with van der Waals surface area (Å²) in [5.41, 5.74) is 1.13. The number of anilines is 1. The SMILES string of the molecule is O=C(CN1CCOc2ccccc2C1)Nc1cnc2n1CCCC2. The number of ether oxygens (including phenoxy) is 1. The highest BCUT2D eigenvalue weighted by molar-refractivity contribution is 5.91. The maximum Gasteiger partial charge on any atom is 0.239 e. The van der Waals surface area contributed by atoms with E-state index in [9.17, 15) is 4.79 Å². The number of nitrogens with one attached hydrogen (secondary N) is 1. The number of nitrogens with zero attached hydrogens (tertiary/aromatic N) is 3. The maximum absolute atomic E-state index is 12.5. The summed E-state index contributed by atoms with van der Waals surface area (Å²) in [7, 11) is 0. The molecule has 3 heterocycles.